The quantitative estimate of drug-likeness (QED) is 0.575. The standard InChI is InChI=1S/C22H26F3NO2/c1-3-17(21(27)28-4-2)14-5-7-15(8-6-14)18-11-12-26-20-10-9-16(13-19(18)20)22(23,24)25/h9-15,17H,3-8H2,1-2H3/t14-,15+,17?. The Morgan fingerprint density at radius 2 is 1.89 bits per heavy atom. The summed E-state index contributed by atoms with van der Waals surface area (Å²) in [7, 11) is 0. The largest absolute Gasteiger partial charge is 0.466 e. The molecule has 6 heteroatoms. The molecule has 0 radical (unpaired) electrons. The van der Waals surface area contributed by atoms with Crippen LogP contribution >= 0.6 is 0 Å². The first-order chi connectivity index (χ1) is 13.3. The molecule has 1 aliphatic carbocycles. The van der Waals surface area contributed by atoms with Gasteiger partial charge >= 0.3 is 12.1 Å². The Balaban J connectivity index is 1.80. The molecule has 1 atom stereocenters. The molecule has 3 rings (SSSR count). The summed E-state index contributed by atoms with van der Waals surface area (Å²) in [4.78, 5) is 16.4. The van der Waals surface area contributed by atoms with E-state index in [-0.39, 0.29) is 23.7 Å². The number of carbonyl (C=O) groups excluding carboxylic acids is 1. The fraction of sp³-hybridized carbons (Fsp3) is 0.545. The molecular formula is C22H26F3NO2. The van der Waals surface area contributed by atoms with Gasteiger partial charge in [0.2, 0.25) is 0 Å². The number of esters is 1. The average molecular weight is 393 g/mol. The summed E-state index contributed by atoms with van der Waals surface area (Å²) in [6.45, 7) is 4.20. The van der Waals surface area contributed by atoms with E-state index in [0.29, 0.717) is 17.5 Å². The van der Waals surface area contributed by atoms with Gasteiger partial charge in [-0.25, -0.2) is 0 Å². The molecule has 0 aliphatic heterocycles. The fourth-order valence-corrected chi connectivity index (χ4v) is 4.47. The van der Waals surface area contributed by atoms with E-state index >= 15 is 0 Å². The van der Waals surface area contributed by atoms with Crippen molar-refractivity contribution in [1.29, 1.82) is 0 Å². The van der Waals surface area contributed by atoms with Crippen LogP contribution in [0.2, 0.25) is 0 Å². The summed E-state index contributed by atoms with van der Waals surface area (Å²) >= 11 is 0. The third-order valence-electron chi connectivity index (χ3n) is 5.91. The number of fused-ring (bicyclic) bond motifs is 1. The van der Waals surface area contributed by atoms with E-state index in [1.54, 1.807) is 6.20 Å². The molecule has 1 aliphatic rings. The van der Waals surface area contributed by atoms with Crippen LogP contribution in [0, 0.1) is 11.8 Å². The Kier molecular flexibility index (Phi) is 6.26. The van der Waals surface area contributed by atoms with Crippen molar-refractivity contribution in [2.45, 2.75) is 58.0 Å². The second-order valence-electron chi connectivity index (χ2n) is 7.51. The van der Waals surface area contributed by atoms with Crippen LogP contribution in [-0.4, -0.2) is 17.6 Å². The van der Waals surface area contributed by atoms with Gasteiger partial charge in [-0.1, -0.05) is 6.92 Å². The minimum absolute atomic E-state index is 0.0908. The zero-order valence-corrected chi connectivity index (χ0v) is 16.3. The van der Waals surface area contributed by atoms with Crippen molar-refractivity contribution < 1.29 is 22.7 Å². The van der Waals surface area contributed by atoms with Crippen LogP contribution in [0.5, 0.6) is 0 Å². The minimum Gasteiger partial charge on any atom is -0.466 e. The SMILES string of the molecule is CCOC(=O)C(CC)[C@H]1CC[C@@H](c2ccnc3ccc(C(F)(F)F)cc32)CC1. The molecule has 1 unspecified atom stereocenters. The summed E-state index contributed by atoms with van der Waals surface area (Å²) in [6.07, 6.45) is 1.53. The van der Waals surface area contributed by atoms with E-state index in [1.807, 2.05) is 19.9 Å². The molecule has 1 saturated carbocycles. The van der Waals surface area contributed by atoms with E-state index in [1.165, 1.54) is 12.1 Å². The molecule has 28 heavy (non-hydrogen) atoms. The number of halogens is 3. The number of hydrogen-bond acceptors (Lipinski definition) is 3. The lowest BCUT2D eigenvalue weighted by Gasteiger charge is -2.33. The van der Waals surface area contributed by atoms with Crippen LogP contribution in [0.3, 0.4) is 0 Å². The Morgan fingerprint density at radius 1 is 1.18 bits per heavy atom. The average Bonchev–Trinajstić information content (AvgIpc) is 2.68. The molecule has 0 spiro atoms. The van der Waals surface area contributed by atoms with Gasteiger partial charge in [-0.3, -0.25) is 9.78 Å². The highest BCUT2D eigenvalue weighted by Gasteiger charge is 2.34. The van der Waals surface area contributed by atoms with E-state index in [9.17, 15) is 18.0 Å². The van der Waals surface area contributed by atoms with Crippen LogP contribution in [0.25, 0.3) is 10.9 Å². The van der Waals surface area contributed by atoms with Gasteiger partial charge in [-0.05, 0) is 80.7 Å². The summed E-state index contributed by atoms with van der Waals surface area (Å²) in [6, 6.07) is 5.59. The van der Waals surface area contributed by atoms with Crippen molar-refractivity contribution in [3.63, 3.8) is 0 Å². The normalized spacial score (nSPS) is 21.5. The molecule has 0 amide bonds. The summed E-state index contributed by atoms with van der Waals surface area (Å²) in [5, 5.41) is 0.582. The lowest BCUT2D eigenvalue weighted by molar-refractivity contribution is -0.150. The number of rotatable bonds is 5. The van der Waals surface area contributed by atoms with Crippen molar-refractivity contribution >= 4 is 16.9 Å². The van der Waals surface area contributed by atoms with Gasteiger partial charge in [-0.2, -0.15) is 13.2 Å². The smallest absolute Gasteiger partial charge is 0.416 e. The maximum atomic E-state index is 13.1. The maximum absolute atomic E-state index is 13.1. The molecule has 0 bridgehead atoms. The second-order valence-corrected chi connectivity index (χ2v) is 7.51. The van der Waals surface area contributed by atoms with E-state index in [0.717, 1.165) is 43.7 Å². The number of nitrogens with zero attached hydrogens (tertiary/aromatic N) is 1. The Labute approximate surface area is 163 Å². The zero-order valence-electron chi connectivity index (χ0n) is 16.3. The lowest BCUT2D eigenvalue weighted by Crippen LogP contribution is -2.28. The zero-order chi connectivity index (χ0) is 20.3. The third kappa shape index (κ3) is 4.31. The fourth-order valence-electron chi connectivity index (χ4n) is 4.47. The number of benzene rings is 1. The highest BCUT2D eigenvalue weighted by molar-refractivity contribution is 5.83. The van der Waals surface area contributed by atoms with Gasteiger partial charge in [-0.15, -0.1) is 0 Å². The van der Waals surface area contributed by atoms with Gasteiger partial charge in [0.15, 0.2) is 0 Å². The van der Waals surface area contributed by atoms with Gasteiger partial charge in [0, 0.05) is 11.6 Å². The minimum atomic E-state index is -4.37. The molecule has 0 N–H and O–H groups in total. The van der Waals surface area contributed by atoms with Gasteiger partial charge in [0.1, 0.15) is 0 Å². The number of pyridine rings is 1. The Hall–Kier alpha value is -2.11. The first-order valence-corrected chi connectivity index (χ1v) is 9.97. The number of hydrogen-bond donors (Lipinski definition) is 0. The molecule has 1 fully saturated rings. The summed E-state index contributed by atoms with van der Waals surface area (Å²) in [5.74, 6) is 0.244. The second kappa shape index (κ2) is 8.50. The lowest BCUT2D eigenvalue weighted by atomic mass is 9.72. The third-order valence-corrected chi connectivity index (χ3v) is 5.91. The van der Waals surface area contributed by atoms with Crippen LogP contribution in [-0.2, 0) is 15.7 Å². The molecule has 0 saturated heterocycles. The van der Waals surface area contributed by atoms with E-state index in [2.05, 4.69) is 4.98 Å². The van der Waals surface area contributed by atoms with Crippen molar-refractivity contribution in [2.24, 2.45) is 11.8 Å². The molecule has 152 valence electrons. The monoisotopic (exact) mass is 393 g/mol. The first kappa shape index (κ1) is 20.6. The van der Waals surface area contributed by atoms with Crippen LogP contribution in [0.4, 0.5) is 13.2 Å². The molecule has 3 nitrogen and oxygen atoms in total. The Bertz CT molecular complexity index is 826. The molecular weight excluding hydrogens is 367 g/mol. The highest BCUT2D eigenvalue weighted by Crippen LogP contribution is 2.42. The van der Waals surface area contributed by atoms with Gasteiger partial charge in [0.05, 0.1) is 23.6 Å². The van der Waals surface area contributed by atoms with Gasteiger partial charge < -0.3 is 4.74 Å². The molecule has 2 aromatic rings. The van der Waals surface area contributed by atoms with Crippen LogP contribution in [0.1, 0.15) is 63.0 Å². The van der Waals surface area contributed by atoms with Crippen molar-refractivity contribution in [2.75, 3.05) is 6.61 Å². The highest BCUT2D eigenvalue weighted by atomic mass is 19.4. The molecule has 1 aromatic heterocycles. The van der Waals surface area contributed by atoms with Crippen molar-refractivity contribution in [3.8, 4) is 0 Å². The van der Waals surface area contributed by atoms with Crippen molar-refractivity contribution in [1.82, 2.24) is 4.98 Å². The van der Waals surface area contributed by atoms with Crippen molar-refractivity contribution in [3.05, 3.63) is 41.6 Å². The first-order valence-electron chi connectivity index (χ1n) is 9.97. The van der Waals surface area contributed by atoms with E-state index in [4.69, 9.17) is 4.74 Å². The Morgan fingerprint density at radius 3 is 2.50 bits per heavy atom. The predicted molar refractivity (Wildman–Crippen MR) is 102 cm³/mol. The number of alkyl halides is 3. The molecule has 1 aromatic carbocycles. The predicted octanol–water partition coefficient (Wildman–Crippen LogP) is 6.12. The number of carbonyl (C=O) groups is 1. The summed E-state index contributed by atoms with van der Waals surface area (Å²) < 4.78 is 44.6. The summed E-state index contributed by atoms with van der Waals surface area (Å²) in [5.41, 5.74) is 0.876. The molecule has 1 heterocycles. The van der Waals surface area contributed by atoms with Crippen LogP contribution in [0.15, 0.2) is 30.5 Å². The van der Waals surface area contributed by atoms with Gasteiger partial charge in [0.25, 0.3) is 0 Å². The number of ether oxygens (including phenoxy) is 1. The van der Waals surface area contributed by atoms with E-state index < -0.39 is 11.7 Å². The topological polar surface area (TPSA) is 39.2 Å². The van der Waals surface area contributed by atoms with Crippen LogP contribution < -0.4 is 0 Å². The number of aromatic nitrogens is 1. The maximum Gasteiger partial charge on any atom is 0.416 e.